The molecule has 4 aromatic heterocycles. The van der Waals surface area contributed by atoms with Crippen LogP contribution in [0.5, 0.6) is 11.8 Å². The lowest BCUT2D eigenvalue weighted by Gasteiger charge is -2.48. The molecule has 0 bridgehead atoms. The van der Waals surface area contributed by atoms with Crippen LogP contribution in [0, 0.1) is 10.1 Å². The maximum atomic E-state index is 15.1. The highest BCUT2D eigenvalue weighted by Crippen LogP contribution is 2.44. The lowest BCUT2D eigenvalue weighted by molar-refractivity contribution is -0.384. The normalized spacial score (nSPS) is 20.4. The van der Waals surface area contributed by atoms with E-state index in [9.17, 15) is 20.3 Å². The minimum atomic E-state index is -1.94. The Labute approximate surface area is 318 Å². The summed E-state index contributed by atoms with van der Waals surface area (Å²) in [7, 11) is 0. The van der Waals surface area contributed by atoms with E-state index >= 15 is 4.79 Å². The minimum Gasteiger partial charge on any atom is -0.471 e. The summed E-state index contributed by atoms with van der Waals surface area (Å²) >= 11 is 0. The molecule has 2 N–H and O–H groups in total. The molecule has 2 saturated heterocycles. The zero-order valence-corrected chi connectivity index (χ0v) is 31.8. The van der Waals surface area contributed by atoms with Crippen LogP contribution in [0.1, 0.15) is 56.1 Å². The van der Waals surface area contributed by atoms with E-state index < -0.39 is 27.9 Å². The second-order valence-electron chi connectivity index (χ2n) is 16.0. The highest BCUT2D eigenvalue weighted by Gasteiger charge is 2.46. The molecule has 4 aliphatic rings. The molecule has 292 valence electrons. The molecule has 1 amide bonds. The molecule has 8 heterocycles. The molecular formula is C37H47N11O7. The van der Waals surface area contributed by atoms with Gasteiger partial charge in [0.05, 0.1) is 23.4 Å². The number of amides is 1. The number of ether oxygens (including phenoxy) is 2. The summed E-state index contributed by atoms with van der Waals surface area (Å²) in [6, 6.07) is 5.17. The molecular weight excluding hydrogens is 710 g/mol. The number of nitrogens with zero attached hydrogens (tertiary/aromatic N) is 11. The Morgan fingerprint density at radius 1 is 0.945 bits per heavy atom. The van der Waals surface area contributed by atoms with Gasteiger partial charge in [-0.15, -0.1) is 0 Å². The third-order valence-corrected chi connectivity index (χ3v) is 10.9. The summed E-state index contributed by atoms with van der Waals surface area (Å²) in [6.07, 6.45) is 5.80. The Morgan fingerprint density at radius 2 is 1.55 bits per heavy atom. The van der Waals surface area contributed by atoms with Crippen LogP contribution in [0.2, 0.25) is 0 Å². The average Bonchev–Trinajstić information content (AvgIpc) is 3.81. The van der Waals surface area contributed by atoms with Gasteiger partial charge in [-0.05, 0) is 46.8 Å². The first kappa shape index (κ1) is 36.8. The van der Waals surface area contributed by atoms with Crippen LogP contribution in [-0.2, 0) is 12.8 Å². The van der Waals surface area contributed by atoms with Crippen LogP contribution in [-0.4, -0.2) is 138 Å². The largest absolute Gasteiger partial charge is 0.471 e. The summed E-state index contributed by atoms with van der Waals surface area (Å²) in [5.74, 6) is -0.904. The zero-order chi connectivity index (χ0) is 38.9. The average molecular weight is 758 g/mol. The van der Waals surface area contributed by atoms with Crippen molar-refractivity contribution in [3.05, 3.63) is 63.6 Å². The minimum absolute atomic E-state index is 0.0548. The lowest BCUT2D eigenvalue weighted by Crippen LogP contribution is -2.65. The molecule has 0 saturated carbocycles. The van der Waals surface area contributed by atoms with Crippen LogP contribution >= 0.6 is 0 Å². The molecule has 0 aromatic carbocycles. The molecule has 1 atom stereocenters. The first-order chi connectivity index (χ1) is 26.1. The topological polar surface area (TPSA) is 191 Å². The Bertz CT molecular complexity index is 2140. The molecule has 4 aliphatic heterocycles. The Kier molecular flexibility index (Phi) is 9.06. The Morgan fingerprint density at radius 3 is 2.18 bits per heavy atom. The molecule has 0 aliphatic carbocycles. The van der Waals surface area contributed by atoms with Gasteiger partial charge in [-0.2, -0.15) is 15.1 Å². The molecule has 8 rings (SSSR count). The number of pyridine rings is 2. The number of carbonyl (C=O) groups excluding carboxylic acids is 1. The number of aliphatic hydroxyl groups is 2. The molecule has 4 aromatic rings. The van der Waals surface area contributed by atoms with E-state index in [4.69, 9.17) is 14.5 Å². The fourth-order valence-electron chi connectivity index (χ4n) is 8.18. The first-order valence-corrected chi connectivity index (χ1v) is 18.7. The van der Waals surface area contributed by atoms with Gasteiger partial charge in [-0.1, -0.05) is 0 Å². The fourth-order valence-corrected chi connectivity index (χ4v) is 8.18. The number of anilines is 3. The quantitative estimate of drug-likeness (QED) is 0.143. The third-order valence-electron chi connectivity index (χ3n) is 10.9. The van der Waals surface area contributed by atoms with Gasteiger partial charge < -0.3 is 29.5 Å². The van der Waals surface area contributed by atoms with Crippen molar-refractivity contribution in [1.29, 1.82) is 0 Å². The maximum absolute atomic E-state index is 15.1. The second kappa shape index (κ2) is 13.5. The summed E-state index contributed by atoms with van der Waals surface area (Å²) in [5.41, 5.74) is 1.27. The van der Waals surface area contributed by atoms with Crippen molar-refractivity contribution in [2.75, 3.05) is 80.2 Å². The second-order valence-corrected chi connectivity index (χ2v) is 16.0. The lowest BCUT2D eigenvalue weighted by atomic mass is 10.0. The SMILES string of the molecule is CC1(C)Cc2cc(N(C(=O)c3cnn4cccnc34)C(C)(O)N3CCN(c4nc5c(cc4[N+](=O)[O-])CC(C)(C)O5)CC3)c(N3CCN(CCO)CC3)nc2O1. The Hall–Kier alpha value is -5.17. The van der Waals surface area contributed by atoms with Crippen molar-refractivity contribution >= 4 is 34.6 Å². The van der Waals surface area contributed by atoms with Gasteiger partial charge in [0.2, 0.25) is 23.4 Å². The zero-order valence-electron chi connectivity index (χ0n) is 31.8. The van der Waals surface area contributed by atoms with Gasteiger partial charge in [-0.25, -0.2) is 9.50 Å². The van der Waals surface area contributed by atoms with Crippen molar-refractivity contribution in [2.24, 2.45) is 0 Å². The number of fused-ring (bicyclic) bond motifs is 3. The van der Waals surface area contributed by atoms with Crippen LogP contribution in [0.3, 0.4) is 0 Å². The molecule has 0 spiro atoms. The van der Waals surface area contributed by atoms with Gasteiger partial charge in [0.1, 0.15) is 16.8 Å². The van der Waals surface area contributed by atoms with Gasteiger partial charge >= 0.3 is 5.69 Å². The number of nitro groups is 1. The predicted molar refractivity (Wildman–Crippen MR) is 202 cm³/mol. The molecule has 18 heteroatoms. The monoisotopic (exact) mass is 757 g/mol. The summed E-state index contributed by atoms with van der Waals surface area (Å²) in [6.45, 7) is 13.5. The summed E-state index contributed by atoms with van der Waals surface area (Å²) < 4.78 is 13.8. The highest BCUT2D eigenvalue weighted by atomic mass is 16.6. The van der Waals surface area contributed by atoms with Gasteiger partial charge in [-0.3, -0.25) is 29.6 Å². The smallest absolute Gasteiger partial charge is 0.312 e. The van der Waals surface area contributed by atoms with E-state index in [1.165, 1.54) is 15.6 Å². The number of aliphatic hydroxyl groups excluding tert-OH is 1. The number of rotatable bonds is 9. The van der Waals surface area contributed by atoms with Crippen molar-refractivity contribution in [3.8, 4) is 11.8 Å². The van der Waals surface area contributed by atoms with Gasteiger partial charge in [0.25, 0.3) is 5.91 Å². The van der Waals surface area contributed by atoms with E-state index in [1.807, 2.05) is 38.7 Å². The number of β-amino-alcohol motifs (C(OH)–C–C–N with tert-alkyl or cyclic N) is 1. The number of hydrogen-bond donors (Lipinski definition) is 2. The van der Waals surface area contributed by atoms with Crippen LogP contribution < -0.4 is 24.2 Å². The standard InChI is InChI=1S/C37H47N11O7/c1-35(2)21-24-19-27(30(40-32(24)54-35)43-11-9-42(10-12-43)17-18-49)47(34(50)26-23-39-46-8-6-7-38-29(26)46)37(5,51)45-15-13-44(14-16-45)31-28(48(52)53)20-25-22-36(3,4)55-33(25)41-31/h6-8,19-20,23,49,51H,9-18,21-22H2,1-5H3. The summed E-state index contributed by atoms with van der Waals surface area (Å²) in [5, 5.41) is 39.1. The number of carbonyl (C=O) groups is 1. The fraction of sp³-hybridized carbons (Fsp3) is 0.541. The Balaban J connectivity index is 1.17. The summed E-state index contributed by atoms with van der Waals surface area (Å²) in [4.78, 5) is 50.3. The van der Waals surface area contributed by atoms with E-state index in [2.05, 4.69) is 24.9 Å². The molecule has 0 radical (unpaired) electrons. The van der Waals surface area contributed by atoms with Crippen LogP contribution in [0.4, 0.5) is 23.0 Å². The highest BCUT2D eigenvalue weighted by molar-refractivity contribution is 6.11. The molecule has 1 unspecified atom stereocenters. The number of hydrogen-bond acceptors (Lipinski definition) is 15. The van der Waals surface area contributed by atoms with E-state index in [-0.39, 0.29) is 49.9 Å². The van der Waals surface area contributed by atoms with Crippen molar-refractivity contribution in [2.45, 2.75) is 64.5 Å². The van der Waals surface area contributed by atoms with E-state index in [0.717, 1.165) is 5.56 Å². The third kappa shape index (κ3) is 6.76. The maximum Gasteiger partial charge on any atom is 0.312 e. The van der Waals surface area contributed by atoms with Crippen molar-refractivity contribution < 1.29 is 29.4 Å². The molecule has 2 fully saturated rings. The van der Waals surface area contributed by atoms with E-state index in [1.54, 1.807) is 36.4 Å². The van der Waals surface area contributed by atoms with Crippen LogP contribution in [0.25, 0.3) is 5.65 Å². The van der Waals surface area contributed by atoms with Crippen LogP contribution in [0.15, 0.2) is 36.8 Å². The first-order valence-electron chi connectivity index (χ1n) is 18.7. The predicted octanol–water partition coefficient (Wildman–Crippen LogP) is 2.10. The molecule has 18 nitrogen and oxygen atoms in total. The van der Waals surface area contributed by atoms with Crippen molar-refractivity contribution in [1.82, 2.24) is 34.4 Å². The van der Waals surface area contributed by atoms with Gasteiger partial charge in [0.15, 0.2) is 11.5 Å². The number of aromatic nitrogens is 5. The van der Waals surface area contributed by atoms with Crippen molar-refractivity contribution in [3.63, 3.8) is 0 Å². The van der Waals surface area contributed by atoms with E-state index in [0.29, 0.717) is 80.0 Å². The van der Waals surface area contributed by atoms with Gasteiger partial charge in [0, 0.05) is 101 Å². The number of piperazine rings is 2. The molecule has 55 heavy (non-hydrogen) atoms.